The topological polar surface area (TPSA) is 96.7 Å². The van der Waals surface area contributed by atoms with Gasteiger partial charge in [-0.2, -0.15) is 0 Å². The highest BCUT2D eigenvalue weighted by atomic mass is 16.5. The minimum Gasteiger partial charge on any atom is -0.378 e. The minimum atomic E-state index is -0.967. The van der Waals surface area contributed by atoms with Gasteiger partial charge in [-0.05, 0) is 45.3 Å². The van der Waals surface area contributed by atoms with Gasteiger partial charge in [0.15, 0.2) is 0 Å². The zero-order valence-corrected chi connectivity index (χ0v) is 16.3. The van der Waals surface area contributed by atoms with E-state index in [1.165, 1.54) is 0 Å². The maximum absolute atomic E-state index is 12.7. The Morgan fingerprint density at radius 2 is 1.73 bits per heavy atom. The molecule has 0 heterocycles. The second-order valence-electron chi connectivity index (χ2n) is 7.66. The van der Waals surface area contributed by atoms with E-state index in [1.807, 2.05) is 34.9 Å². The van der Waals surface area contributed by atoms with Crippen LogP contribution in [0.4, 0.5) is 11.4 Å². The third-order valence-electron chi connectivity index (χ3n) is 5.12. The third-order valence-corrected chi connectivity index (χ3v) is 5.12. The van der Waals surface area contributed by atoms with Crippen LogP contribution < -0.4 is 16.4 Å². The Bertz CT molecular complexity index is 657. The van der Waals surface area contributed by atoms with Gasteiger partial charge in [-0.15, -0.1) is 0 Å². The van der Waals surface area contributed by atoms with Crippen molar-refractivity contribution in [1.29, 1.82) is 0 Å². The number of likely N-dealkylation sites (N-methyl/N-ethyl adjacent to an activating group) is 1. The monoisotopic (exact) mass is 362 g/mol. The van der Waals surface area contributed by atoms with E-state index in [0.717, 1.165) is 0 Å². The quantitative estimate of drug-likeness (QED) is 0.685. The molecule has 0 saturated heterocycles. The van der Waals surface area contributed by atoms with E-state index >= 15 is 0 Å². The highest BCUT2D eigenvalue weighted by Gasteiger charge is 2.62. The summed E-state index contributed by atoms with van der Waals surface area (Å²) in [7, 11) is 3.66. The van der Waals surface area contributed by atoms with Crippen LogP contribution in [0, 0.1) is 5.41 Å². The van der Waals surface area contributed by atoms with Gasteiger partial charge in [-0.25, -0.2) is 0 Å². The van der Waals surface area contributed by atoms with Crippen LogP contribution in [-0.4, -0.2) is 55.6 Å². The van der Waals surface area contributed by atoms with Crippen LogP contribution in [0.3, 0.4) is 0 Å². The number of anilines is 2. The first-order valence-electron chi connectivity index (χ1n) is 8.86. The van der Waals surface area contributed by atoms with Crippen molar-refractivity contribution in [2.75, 3.05) is 37.9 Å². The van der Waals surface area contributed by atoms with Crippen molar-refractivity contribution in [2.24, 2.45) is 11.1 Å². The molecule has 1 fully saturated rings. The molecule has 7 nitrogen and oxygen atoms in total. The molecule has 0 aliphatic heterocycles. The number of nitrogens with one attached hydrogen (secondary N) is 2. The molecule has 1 aromatic carbocycles. The molecule has 2 unspecified atom stereocenters. The number of amides is 2. The molecule has 144 valence electrons. The van der Waals surface area contributed by atoms with Crippen LogP contribution in [0.15, 0.2) is 24.3 Å². The lowest BCUT2D eigenvalue weighted by molar-refractivity contribution is -0.166. The zero-order chi connectivity index (χ0) is 19.5. The summed E-state index contributed by atoms with van der Waals surface area (Å²) in [6.45, 7) is 6.77. The predicted molar refractivity (Wildman–Crippen MR) is 103 cm³/mol. The van der Waals surface area contributed by atoms with Gasteiger partial charge in [0.2, 0.25) is 11.8 Å². The largest absolute Gasteiger partial charge is 0.378 e. The van der Waals surface area contributed by atoms with E-state index in [1.54, 1.807) is 29.2 Å². The van der Waals surface area contributed by atoms with Gasteiger partial charge >= 0.3 is 0 Å². The van der Waals surface area contributed by atoms with E-state index in [4.69, 9.17) is 10.5 Å². The predicted octanol–water partition coefficient (Wildman–Crippen LogP) is 1.66. The average molecular weight is 362 g/mol. The summed E-state index contributed by atoms with van der Waals surface area (Å²) in [6.07, 6.45) is 0.482. The number of benzene rings is 1. The Hall–Kier alpha value is -1.96. The summed E-state index contributed by atoms with van der Waals surface area (Å²) < 4.78 is 5.67. The Balaban J connectivity index is 1.97. The van der Waals surface area contributed by atoms with Gasteiger partial charge in [0.05, 0.1) is 12.6 Å². The maximum atomic E-state index is 12.7. The maximum Gasteiger partial charge on any atom is 0.245 e. The molecule has 1 aliphatic carbocycles. The van der Waals surface area contributed by atoms with E-state index in [9.17, 15) is 9.59 Å². The standard InChI is InChI=1S/C19H30N4O3/c1-6-26-15-11-19(20,18(15,2)3)17(25)22-14-9-7-13(8-10-14)21-16(24)12-23(4)5/h7-10,15H,6,11-12,20H2,1-5H3,(H,21,24)(H,22,25). The summed E-state index contributed by atoms with van der Waals surface area (Å²) >= 11 is 0. The molecule has 1 aromatic rings. The zero-order valence-electron chi connectivity index (χ0n) is 16.3. The molecule has 1 aliphatic rings. The molecule has 2 atom stereocenters. The van der Waals surface area contributed by atoms with E-state index in [2.05, 4.69) is 10.6 Å². The van der Waals surface area contributed by atoms with Crippen molar-refractivity contribution in [2.45, 2.75) is 38.8 Å². The lowest BCUT2D eigenvalue weighted by atomic mass is 9.54. The fraction of sp³-hybridized carbons (Fsp3) is 0.579. The first kappa shape index (κ1) is 20.4. The SMILES string of the molecule is CCOC1CC(N)(C(=O)Nc2ccc(NC(=O)CN(C)C)cc2)C1(C)C. The second kappa shape index (κ2) is 7.73. The van der Waals surface area contributed by atoms with Gasteiger partial charge in [-0.3, -0.25) is 9.59 Å². The third kappa shape index (κ3) is 4.06. The normalized spacial score (nSPS) is 24.0. The van der Waals surface area contributed by atoms with E-state index < -0.39 is 11.0 Å². The number of nitrogens with zero attached hydrogens (tertiary/aromatic N) is 1. The van der Waals surface area contributed by atoms with Crippen molar-refractivity contribution in [3.8, 4) is 0 Å². The van der Waals surface area contributed by atoms with Crippen molar-refractivity contribution in [3.05, 3.63) is 24.3 Å². The smallest absolute Gasteiger partial charge is 0.245 e. The van der Waals surface area contributed by atoms with Crippen LogP contribution in [0.5, 0.6) is 0 Å². The number of rotatable bonds is 7. The summed E-state index contributed by atoms with van der Waals surface area (Å²) in [5, 5.41) is 5.68. The van der Waals surface area contributed by atoms with E-state index in [0.29, 0.717) is 30.9 Å². The highest BCUT2D eigenvalue weighted by Crippen LogP contribution is 2.50. The van der Waals surface area contributed by atoms with Crippen LogP contribution in [0.2, 0.25) is 0 Å². The number of nitrogens with two attached hydrogens (primary N) is 1. The molecule has 1 saturated carbocycles. The molecule has 0 bridgehead atoms. The highest BCUT2D eigenvalue weighted by molar-refractivity contribution is 6.00. The lowest BCUT2D eigenvalue weighted by Crippen LogP contribution is -2.74. The van der Waals surface area contributed by atoms with Crippen LogP contribution in [0.1, 0.15) is 27.2 Å². The number of hydrogen-bond donors (Lipinski definition) is 3. The Labute approximate surface area is 155 Å². The molecule has 26 heavy (non-hydrogen) atoms. The lowest BCUT2D eigenvalue weighted by Gasteiger charge is -2.57. The number of carbonyl (C=O) groups excluding carboxylic acids is 2. The molecule has 0 radical (unpaired) electrons. The molecular weight excluding hydrogens is 332 g/mol. The first-order valence-corrected chi connectivity index (χ1v) is 8.86. The molecule has 2 rings (SSSR count). The first-order chi connectivity index (χ1) is 12.1. The van der Waals surface area contributed by atoms with Gasteiger partial charge < -0.3 is 26.0 Å². The molecular formula is C19H30N4O3. The van der Waals surface area contributed by atoms with Crippen LogP contribution in [0.25, 0.3) is 0 Å². The minimum absolute atomic E-state index is 0.0162. The fourth-order valence-electron chi connectivity index (χ4n) is 3.19. The van der Waals surface area contributed by atoms with Gasteiger partial charge in [0.1, 0.15) is 5.54 Å². The Morgan fingerprint density at radius 1 is 1.19 bits per heavy atom. The Morgan fingerprint density at radius 3 is 2.19 bits per heavy atom. The van der Waals surface area contributed by atoms with Crippen molar-refractivity contribution >= 4 is 23.2 Å². The molecule has 2 amide bonds. The van der Waals surface area contributed by atoms with Gasteiger partial charge in [-0.1, -0.05) is 13.8 Å². The average Bonchev–Trinajstić information content (AvgIpc) is 2.55. The van der Waals surface area contributed by atoms with Gasteiger partial charge in [0, 0.05) is 29.8 Å². The molecule has 4 N–H and O–H groups in total. The number of ether oxygens (including phenoxy) is 1. The number of carbonyl (C=O) groups is 2. The molecule has 0 aromatic heterocycles. The van der Waals surface area contributed by atoms with Crippen molar-refractivity contribution < 1.29 is 14.3 Å². The summed E-state index contributed by atoms with van der Waals surface area (Å²) in [6, 6.07) is 7.00. The summed E-state index contributed by atoms with van der Waals surface area (Å²) in [5.41, 5.74) is 6.30. The fourth-order valence-corrected chi connectivity index (χ4v) is 3.19. The molecule has 0 spiro atoms. The van der Waals surface area contributed by atoms with E-state index in [-0.39, 0.29) is 17.9 Å². The van der Waals surface area contributed by atoms with Crippen molar-refractivity contribution in [3.63, 3.8) is 0 Å². The second-order valence-corrected chi connectivity index (χ2v) is 7.66. The number of hydrogen-bond acceptors (Lipinski definition) is 5. The summed E-state index contributed by atoms with van der Waals surface area (Å²) in [5.74, 6) is -0.311. The van der Waals surface area contributed by atoms with Crippen LogP contribution in [-0.2, 0) is 14.3 Å². The molecule has 7 heteroatoms. The van der Waals surface area contributed by atoms with Crippen molar-refractivity contribution in [1.82, 2.24) is 4.90 Å². The van der Waals surface area contributed by atoms with Gasteiger partial charge in [0.25, 0.3) is 0 Å². The Kier molecular flexibility index (Phi) is 6.05. The summed E-state index contributed by atoms with van der Waals surface area (Å²) in [4.78, 5) is 26.3. The van der Waals surface area contributed by atoms with Crippen LogP contribution >= 0.6 is 0 Å².